The minimum absolute atomic E-state index is 0.722. The number of nitrogen functional groups attached to an aromatic ring is 1. The second-order valence-corrected chi connectivity index (χ2v) is 4.37. The van der Waals surface area contributed by atoms with Crippen molar-refractivity contribution >= 4 is 17.4 Å². The van der Waals surface area contributed by atoms with Gasteiger partial charge in [-0.25, -0.2) is 0 Å². The largest absolute Gasteiger partial charge is 0.396 e. The topological polar surface area (TPSA) is 43.8 Å². The predicted molar refractivity (Wildman–Crippen MR) is 63.8 cm³/mol. The Balaban J connectivity index is 1.80. The van der Waals surface area contributed by atoms with Crippen LogP contribution in [0, 0.1) is 0 Å². The second kappa shape index (κ2) is 4.89. The number of benzene rings is 1. The smallest absolute Gasteiger partial charge is 0.0719 e. The molecule has 0 aliphatic heterocycles. The number of hydrogen-bond donors (Lipinski definition) is 1. The number of aryl methyl sites for hydroxylation is 1. The average Bonchev–Trinajstić information content (AvgIpc) is 2.66. The molecule has 1 aromatic heterocycles. The number of hydrogen-bond acceptors (Lipinski definition) is 3. The molecule has 0 aliphatic rings. The lowest BCUT2D eigenvalue weighted by Crippen LogP contribution is -2.00. The molecule has 4 heteroatoms. The minimum Gasteiger partial charge on any atom is -0.396 e. The van der Waals surface area contributed by atoms with Crippen molar-refractivity contribution in [2.24, 2.45) is 0 Å². The third-order valence-electron chi connectivity index (χ3n) is 1.99. The van der Waals surface area contributed by atoms with Crippen LogP contribution in [-0.2, 0) is 6.54 Å². The quantitative estimate of drug-likeness (QED) is 0.802. The lowest BCUT2D eigenvalue weighted by molar-refractivity contribution is 0.666. The van der Waals surface area contributed by atoms with Gasteiger partial charge in [0.15, 0.2) is 0 Å². The number of rotatable bonds is 4. The Bertz CT molecular complexity index is 411. The van der Waals surface area contributed by atoms with Crippen LogP contribution in [0.25, 0.3) is 0 Å². The maximum atomic E-state index is 5.57. The normalized spacial score (nSPS) is 10.4. The van der Waals surface area contributed by atoms with Crippen molar-refractivity contribution in [3.8, 4) is 0 Å². The molecule has 0 fully saturated rings. The Morgan fingerprint density at radius 3 is 2.73 bits per heavy atom. The first-order valence-corrected chi connectivity index (χ1v) is 5.79. The van der Waals surface area contributed by atoms with E-state index in [0.717, 1.165) is 18.0 Å². The highest BCUT2D eigenvalue weighted by Gasteiger charge is 1.95. The molecule has 0 unspecified atom stereocenters. The summed E-state index contributed by atoms with van der Waals surface area (Å²) in [5, 5.41) is 4.13. The zero-order chi connectivity index (χ0) is 10.5. The Morgan fingerprint density at radius 2 is 2.07 bits per heavy atom. The van der Waals surface area contributed by atoms with Crippen LogP contribution >= 0.6 is 11.8 Å². The van der Waals surface area contributed by atoms with Crippen molar-refractivity contribution in [2.45, 2.75) is 11.4 Å². The van der Waals surface area contributed by atoms with E-state index in [-0.39, 0.29) is 0 Å². The Morgan fingerprint density at radius 1 is 1.27 bits per heavy atom. The zero-order valence-corrected chi connectivity index (χ0v) is 9.15. The van der Waals surface area contributed by atoms with E-state index in [4.69, 9.17) is 5.73 Å². The summed E-state index contributed by atoms with van der Waals surface area (Å²) in [6.07, 6.45) is 3.53. The average molecular weight is 219 g/mol. The molecule has 0 saturated carbocycles. The molecule has 3 nitrogen and oxygen atoms in total. The molecule has 15 heavy (non-hydrogen) atoms. The molecule has 1 heterocycles. The highest BCUT2D eigenvalue weighted by Crippen LogP contribution is 2.16. The first kappa shape index (κ1) is 10.1. The number of anilines is 1. The van der Waals surface area contributed by atoms with E-state index in [1.807, 2.05) is 40.8 Å². The Hall–Kier alpha value is -1.42. The van der Waals surface area contributed by atoms with E-state index in [0.29, 0.717) is 0 Å². The summed E-state index contributed by atoms with van der Waals surface area (Å²) in [5.74, 6) is 1.01. The first-order valence-electron chi connectivity index (χ1n) is 4.80. The van der Waals surface area contributed by atoms with Crippen molar-refractivity contribution in [2.75, 3.05) is 11.5 Å². The fourth-order valence-corrected chi connectivity index (χ4v) is 2.14. The van der Waals surface area contributed by atoms with Gasteiger partial charge in [0.25, 0.3) is 0 Å². The van der Waals surface area contributed by atoms with Crippen LogP contribution in [0.3, 0.4) is 0 Å². The van der Waals surface area contributed by atoms with E-state index in [9.17, 15) is 0 Å². The van der Waals surface area contributed by atoms with Crippen LogP contribution < -0.4 is 5.73 Å². The van der Waals surface area contributed by atoms with Gasteiger partial charge in [0.2, 0.25) is 0 Å². The van der Waals surface area contributed by atoms with Crippen molar-refractivity contribution < 1.29 is 0 Å². The predicted octanol–water partition coefficient (Wildman–Crippen LogP) is 2.26. The van der Waals surface area contributed by atoms with Gasteiger partial charge >= 0.3 is 0 Å². The zero-order valence-electron chi connectivity index (χ0n) is 8.34. The van der Waals surface area contributed by atoms with Crippen molar-refractivity contribution in [3.05, 3.63) is 42.7 Å². The Labute approximate surface area is 93.3 Å². The molecular formula is C11H13N3S. The monoisotopic (exact) mass is 219 g/mol. The van der Waals surface area contributed by atoms with Gasteiger partial charge in [0.05, 0.1) is 18.4 Å². The number of aromatic nitrogens is 2. The van der Waals surface area contributed by atoms with Gasteiger partial charge in [-0.05, 0) is 12.1 Å². The fraction of sp³-hybridized carbons (Fsp3) is 0.182. The van der Waals surface area contributed by atoms with Gasteiger partial charge in [0, 0.05) is 16.8 Å². The van der Waals surface area contributed by atoms with E-state index < -0.39 is 0 Å². The molecule has 2 aromatic rings. The van der Waals surface area contributed by atoms with Crippen LogP contribution in [0.4, 0.5) is 5.69 Å². The molecule has 0 spiro atoms. The SMILES string of the molecule is Nc1cnn(CCSc2ccccc2)c1. The van der Waals surface area contributed by atoms with Crippen LogP contribution in [0.5, 0.6) is 0 Å². The molecule has 78 valence electrons. The number of nitrogens with two attached hydrogens (primary N) is 1. The summed E-state index contributed by atoms with van der Waals surface area (Å²) in [6, 6.07) is 10.4. The third-order valence-corrected chi connectivity index (χ3v) is 2.98. The van der Waals surface area contributed by atoms with E-state index in [1.54, 1.807) is 6.20 Å². The third kappa shape index (κ3) is 3.02. The molecule has 0 aliphatic carbocycles. The minimum atomic E-state index is 0.722. The molecule has 1 aromatic carbocycles. The standard InChI is InChI=1S/C11H13N3S/c12-10-8-13-14(9-10)6-7-15-11-4-2-1-3-5-11/h1-5,8-9H,6-7,12H2. The molecule has 0 atom stereocenters. The lowest BCUT2D eigenvalue weighted by Gasteiger charge is -2.01. The molecule has 2 rings (SSSR count). The van der Waals surface area contributed by atoms with Crippen molar-refractivity contribution in [3.63, 3.8) is 0 Å². The van der Waals surface area contributed by atoms with Crippen molar-refractivity contribution in [1.82, 2.24) is 9.78 Å². The van der Waals surface area contributed by atoms with E-state index >= 15 is 0 Å². The van der Waals surface area contributed by atoms with E-state index in [1.165, 1.54) is 4.90 Å². The highest BCUT2D eigenvalue weighted by atomic mass is 32.2. The summed E-state index contributed by atoms with van der Waals surface area (Å²) in [5.41, 5.74) is 6.29. The fourth-order valence-electron chi connectivity index (χ4n) is 1.28. The van der Waals surface area contributed by atoms with Crippen LogP contribution in [0.15, 0.2) is 47.6 Å². The summed E-state index contributed by atoms with van der Waals surface area (Å²) in [6.45, 7) is 0.886. The van der Waals surface area contributed by atoms with E-state index in [2.05, 4.69) is 17.2 Å². The van der Waals surface area contributed by atoms with Crippen LogP contribution in [0.1, 0.15) is 0 Å². The summed E-state index contributed by atoms with van der Waals surface area (Å²) in [4.78, 5) is 1.29. The molecule has 0 bridgehead atoms. The maximum absolute atomic E-state index is 5.57. The van der Waals surface area contributed by atoms with Crippen LogP contribution in [0.2, 0.25) is 0 Å². The summed E-state index contributed by atoms with van der Waals surface area (Å²) in [7, 11) is 0. The van der Waals surface area contributed by atoms with Gasteiger partial charge in [-0.3, -0.25) is 4.68 Å². The van der Waals surface area contributed by atoms with Crippen LogP contribution in [-0.4, -0.2) is 15.5 Å². The maximum Gasteiger partial charge on any atom is 0.0719 e. The molecule has 0 radical (unpaired) electrons. The molecular weight excluding hydrogens is 206 g/mol. The van der Waals surface area contributed by atoms with Crippen molar-refractivity contribution in [1.29, 1.82) is 0 Å². The van der Waals surface area contributed by atoms with Gasteiger partial charge < -0.3 is 5.73 Å². The first-order chi connectivity index (χ1) is 7.34. The number of nitrogens with zero attached hydrogens (tertiary/aromatic N) is 2. The van der Waals surface area contributed by atoms with Gasteiger partial charge in [-0.2, -0.15) is 5.10 Å². The summed E-state index contributed by atoms with van der Waals surface area (Å²) < 4.78 is 1.87. The van der Waals surface area contributed by atoms with Gasteiger partial charge in [-0.1, -0.05) is 18.2 Å². The molecule has 0 saturated heterocycles. The number of thioether (sulfide) groups is 1. The summed E-state index contributed by atoms with van der Waals surface area (Å²) >= 11 is 1.82. The van der Waals surface area contributed by atoms with Gasteiger partial charge in [-0.15, -0.1) is 11.8 Å². The highest BCUT2D eigenvalue weighted by molar-refractivity contribution is 7.99. The molecule has 0 amide bonds. The Kier molecular flexibility index (Phi) is 3.29. The molecule has 2 N–H and O–H groups in total. The second-order valence-electron chi connectivity index (χ2n) is 3.20. The van der Waals surface area contributed by atoms with Gasteiger partial charge in [0.1, 0.15) is 0 Å². The lowest BCUT2D eigenvalue weighted by atomic mass is 10.4.